The first-order valence-electron chi connectivity index (χ1n) is 22.7. The third kappa shape index (κ3) is 11.8. The van der Waals surface area contributed by atoms with Gasteiger partial charge < -0.3 is 47.1 Å². The number of amides is 8. The van der Waals surface area contributed by atoms with Crippen LogP contribution in [0.4, 0.5) is 0 Å². The van der Waals surface area contributed by atoms with E-state index in [1.807, 2.05) is 68.4 Å². The Morgan fingerprint density at radius 1 is 0.667 bits per heavy atom. The topological polar surface area (TPSA) is 245 Å². The SMILES string of the molecule is CC[C@H](C)[C@H](NC(=O)[C@@H]1CCCN1C(=O)[C@H]1CCCN1C(=O)[C@H](Cc1ccccc1)NC(=O)[C@@H](Cc1c[nH]c2ccccc12)NC(=O)[C@H](C)NC(=O)[C@H](C)NC(=O)c1ccccc1)C(N)=O. The van der Waals surface area contributed by atoms with Gasteiger partial charge in [-0.25, -0.2) is 0 Å². The first-order valence-corrected chi connectivity index (χ1v) is 22.7. The van der Waals surface area contributed by atoms with E-state index in [0.717, 1.165) is 16.5 Å². The van der Waals surface area contributed by atoms with Gasteiger partial charge in [-0.05, 0) is 74.8 Å². The van der Waals surface area contributed by atoms with Crippen molar-refractivity contribution in [3.8, 4) is 0 Å². The van der Waals surface area contributed by atoms with Crippen molar-refractivity contribution in [2.24, 2.45) is 11.7 Å². The zero-order valence-electron chi connectivity index (χ0n) is 37.9. The number of aromatic amines is 1. The second-order valence-electron chi connectivity index (χ2n) is 17.3. The number of nitrogens with zero attached hydrogens (tertiary/aromatic N) is 2. The van der Waals surface area contributed by atoms with Crippen molar-refractivity contribution in [3.05, 3.63) is 108 Å². The summed E-state index contributed by atoms with van der Waals surface area (Å²) in [5, 5.41) is 14.6. The van der Waals surface area contributed by atoms with Crippen LogP contribution in [0.5, 0.6) is 0 Å². The molecule has 1 aromatic heterocycles. The van der Waals surface area contributed by atoms with Gasteiger partial charge in [-0.15, -0.1) is 0 Å². The Morgan fingerprint density at radius 3 is 1.94 bits per heavy atom. The molecule has 8 N–H and O–H groups in total. The van der Waals surface area contributed by atoms with Crippen molar-refractivity contribution in [2.75, 3.05) is 13.1 Å². The molecule has 66 heavy (non-hydrogen) atoms. The molecular formula is C49H61N9O8. The van der Waals surface area contributed by atoms with Crippen LogP contribution in [0.15, 0.2) is 91.1 Å². The molecule has 0 saturated carbocycles. The largest absolute Gasteiger partial charge is 0.368 e. The van der Waals surface area contributed by atoms with Gasteiger partial charge in [0.1, 0.15) is 42.3 Å². The highest BCUT2D eigenvalue weighted by Crippen LogP contribution is 2.27. The molecule has 0 radical (unpaired) electrons. The quantitative estimate of drug-likeness (QED) is 0.0734. The minimum Gasteiger partial charge on any atom is -0.368 e. The van der Waals surface area contributed by atoms with Gasteiger partial charge in [0, 0.05) is 48.6 Å². The Kier molecular flexibility index (Phi) is 16.3. The molecule has 0 aliphatic carbocycles. The van der Waals surface area contributed by atoms with Crippen LogP contribution in [0.3, 0.4) is 0 Å². The van der Waals surface area contributed by atoms with Crippen LogP contribution in [0.2, 0.25) is 0 Å². The maximum atomic E-state index is 14.8. The molecule has 8 atom stereocenters. The van der Waals surface area contributed by atoms with Crippen LogP contribution in [-0.2, 0) is 46.4 Å². The molecule has 6 rings (SSSR count). The maximum absolute atomic E-state index is 14.8. The zero-order valence-corrected chi connectivity index (χ0v) is 37.9. The summed E-state index contributed by atoms with van der Waals surface area (Å²) < 4.78 is 0. The van der Waals surface area contributed by atoms with Gasteiger partial charge in [-0.2, -0.15) is 0 Å². The second-order valence-corrected chi connectivity index (χ2v) is 17.3. The molecular weight excluding hydrogens is 843 g/mol. The Hall–Kier alpha value is -7.04. The summed E-state index contributed by atoms with van der Waals surface area (Å²) in [6, 6.07) is 17.8. The van der Waals surface area contributed by atoms with Gasteiger partial charge >= 0.3 is 0 Å². The van der Waals surface area contributed by atoms with Crippen LogP contribution >= 0.6 is 0 Å². The summed E-state index contributed by atoms with van der Waals surface area (Å²) in [6.45, 7) is 7.18. The van der Waals surface area contributed by atoms with Crippen LogP contribution in [0.1, 0.15) is 81.3 Å². The predicted molar refractivity (Wildman–Crippen MR) is 247 cm³/mol. The van der Waals surface area contributed by atoms with Crippen LogP contribution in [-0.4, -0.2) is 117 Å². The minimum absolute atomic E-state index is 0.00885. The van der Waals surface area contributed by atoms with E-state index in [-0.39, 0.29) is 25.3 Å². The Balaban J connectivity index is 1.20. The monoisotopic (exact) mass is 903 g/mol. The Morgan fingerprint density at radius 2 is 1.26 bits per heavy atom. The number of para-hydroxylation sites is 1. The number of carbonyl (C=O) groups excluding carboxylic acids is 8. The third-order valence-electron chi connectivity index (χ3n) is 12.6. The second kappa shape index (κ2) is 22.2. The smallest absolute Gasteiger partial charge is 0.251 e. The number of fused-ring (bicyclic) bond motifs is 1. The fourth-order valence-electron chi connectivity index (χ4n) is 8.65. The van der Waals surface area contributed by atoms with Crippen LogP contribution < -0.4 is 32.3 Å². The highest BCUT2D eigenvalue weighted by Gasteiger charge is 2.44. The fourth-order valence-corrected chi connectivity index (χ4v) is 8.65. The van der Waals surface area contributed by atoms with Crippen molar-refractivity contribution in [1.29, 1.82) is 0 Å². The van der Waals surface area contributed by atoms with Gasteiger partial charge in [0.05, 0.1) is 0 Å². The number of hydrogen-bond acceptors (Lipinski definition) is 8. The number of benzene rings is 3. The number of aromatic nitrogens is 1. The molecule has 0 unspecified atom stereocenters. The van der Waals surface area contributed by atoms with Crippen molar-refractivity contribution < 1.29 is 38.4 Å². The van der Waals surface area contributed by atoms with E-state index < -0.39 is 89.6 Å². The number of primary amides is 1. The van der Waals surface area contributed by atoms with E-state index in [0.29, 0.717) is 49.8 Å². The lowest BCUT2D eigenvalue weighted by Gasteiger charge is -2.34. The summed E-state index contributed by atoms with van der Waals surface area (Å²) in [6.07, 6.45) is 4.21. The zero-order chi connectivity index (χ0) is 47.5. The van der Waals surface area contributed by atoms with Gasteiger partial charge in [0.2, 0.25) is 41.4 Å². The molecule has 17 nitrogen and oxygen atoms in total. The standard InChI is InChI=1S/C49H61N9O8/c1-5-29(2)41(42(50)59)56-47(64)39-22-14-24-57(39)49(66)40-23-15-25-58(40)48(65)38(26-32-16-8-6-9-17-32)55-46(63)37(27-34-28-51-36-21-13-12-20-35(34)36)54-44(61)31(4)52-43(60)30(3)53-45(62)33-18-10-7-11-19-33/h6-13,16-21,28-31,37-41,51H,5,14-15,22-27H2,1-4H3,(H2,50,59)(H,52,60)(H,53,62)(H,54,61)(H,55,63)(H,56,64)/t29-,30-,31-,37+,38-,39-,40+,41-/m0/s1. The highest BCUT2D eigenvalue weighted by atomic mass is 16.2. The number of rotatable bonds is 19. The third-order valence-corrected chi connectivity index (χ3v) is 12.6. The van der Waals surface area contributed by atoms with Gasteiger partial charge in [-0.3, -0.25) is 38.4 Å². The van der Waals surface area contributed by atoms with E-state index in [2.05, 4.69) is 31.6 Å². The number of H-pyrrole nitrogens is 1. The van der Waals surface area contributed by atoms with Crippen molar-refractivity contribution in [1.82, 2.24) is 41.4 Å². The minimum atomic E-state index is -1.24. The van der Waals surface area contributed by atoms with E-state index >= 15 is 0 Å². The lowest BCUT2D eigenvalue weighted by atomic mass is 9.98. The molecule has 350 valence electrons. The number of likely N-dealkylation sites (tertiary alicyclic amines) is 2. The lowest BCUT2D eigenvalue weighted by molar-refractivity contribution is -0.148. The molecule has 0 spiro atoms. The van der Waals surface area contributed by atoms with Crippen LogP contribution in [0.25, 0.3) is 10.9 Å². The summed E-state index contributed by atoms with van der Waals surface area (Å²) in [5.41, 5.74) is 8.26. The first-order chi connectivity index (χ1) is 31.7. The fraction of sp³-hybridized carbons (Fsp3) is 0.429. The van der Waals surface area contributed by atoms with Crippen molar-refractivity contribution in [3.63, 3.8) is 0 Å². The average molecular weight is 904 g/mol. The van der Waals surface area contributed by atoms with Gasteiger partial charge in [0.25, 0.3) is 5.91 Å². The molecule has 0 bridgehead atoms. The average Bonchev–Trinajstić information content (AvgIpc) is 4.11. The van der Waals surface area contributed by atoms with E-state index in [1.165, 1.54) is 23.6 Å². The van der Waals surface area contributed by atoms with Crippen molar-refractivity contribution in [2.45, 2.75) is 115 Å². The molecule has 2 saturated heterocycles. The number of nitrogens with two attached hydrogens (primary N) is 1. The molecule has 8 amide bonds. The maximum Gasteiger partial charge on any atom is 0.251 e. The van der Waals surface area contributed by atoms with E-state index in [1.54, 1.807) is 36.5 Å². The molecule has 4 aromatic rings. The number of hydrogen-bond donors (Lipinski definition) is 7. The summed E-state index contributed by atoms with van der Waals surface area (Å²) in [7, 11) is 0. The highest BCUT2D eigenvalue weighted by molar-refractivity contribution is 6.00. The van der Waals surface area contributed by atoms with Crippen molar-refractivity contribution >= 4 is 58.2 Å². The number of nitrogens with one attached hydrogen (secondary N) is 6. The van der Waals surface area contributed by atoms with E-state index in [9.17, 15) is 38.4 Å². The van der Waals surface area contributed by atoms with Gasteiger partial charge in [0.15, 0.2) is 0 Å². The molecule has 2 aliphatic heterocycles. The summed E-state index contributed by atoms with van der Waals surface area (Å²) >= 11 is 0. The molecule has 2 aliphatic rings. The van der Waals surface area contributed by atoms with Crippen LogP contribution in [0, 0.1) is 5.92 Å². The molecule has 17 heteroatoms. The predicted octanol–water partition coefficient (Wildman–Crippen LogP) is 2.24. The normalized spacial score (nSPS) is 18.5. The molecule has 2 fully saturated rings. The Bertz CT molecular complexity index is 2390. The first kappa shape index (κ1) is 48.4. The summed E-state index contributed by atoms with van der Waals surface area (Å²) in [4.78, 5) is 116. The lowest BCUT2D eigenvalue weighted by Crippen LogP contribution is -2.60. The van der Waals surface area contributed by atoms with E-state index in [4.69, 9.17) is 5.73 Å². The van der Waals surface area contributed by atoms with Gasteiger partial charge in [-0.1, -0.05) is 87.0 Å². The summed E-state index contributed by atoms with van der Waals surface area (Å²) in [5.74, 6) is -4.68. The Labute approximate surface area is 384 Å². The molecule has 3 aromatic carbocycles. The molecule has 3 heterocycles. The number of carbonyl (C=O) groups is 8.